The molecule has 2 aromatic carbocycles. The summed E-state index contributed by atoms with van der Waals surface area (Å²) in [5, 5.41) is 11.6. The third kappa shape index (κ3) is 5.84. The third-order valence-corrected chi connectivity index (χ3v) is 4.80. The Morgan fingerprint density at radius 2 is 1.67 bits per heavy atom. The molecule has 142 valence electrons. The number of aliphatic carboxylic acids is 1. The number of amides is 1. The minimum atomic E-state index is -0.999. The van der Waals surface area contributed by atoms with Crippen LogP contribution < -0.4 is 10.1 Å². The number of fused-ring (bicyclic) bond motifs is 1. The maximum Gasteiger partial charge on any atom is 0.341 e. The van der Waals surface area contributed by atoms with Crippen LogP contribution in [0.1, 0.15) is 35.1 Å². The van der Waals surface area contributed by atoms with Gasteiger partial charge in [-0.1, -0.05) is 30.3 Å². The van der Waals surface area contributed by atoms with Gasteiger partial charge in [-0.05, 0) is 66.5 Å². The maximum atomic E-state index is 12.2. The molecule has 0 unspecified atom stereocenters. The van der Waals surface area contributed by atoms with Gasteiger partial charge in [0.2, 0.25) is 5.91 Å². The molecule has 0 aliphatic heterocycles. The maximum absolute atomic E-state index is 12.2. The van der Waals surface area contributed by atoms with Gasteiger partial charge in [-0.3, -0.25) is 4.79 Å². The van der Waals surface area contributed by atoms with E-state index in [9.17, 15) is 9.59 Å². The van der Waals surface area contributed by atoms with Crippen LogP contribution in [0.15, 0.2) is 42.5 Å². The van der Waals surface area contributed by atoms with Crippen molar-refractivity contribution in [3.05, 3.63) is 64.7 Å². The fourth-order valence-electron chi connectivity index (χ4n) is 3.39. The summed E-state index contributed by atoms with van der Waals surface area (Å²) in [5.74, 6) is -0.439. The van der Waals surface area contributed by atoms with Crippen LogP contribution in [0.5, 0.6) is 5.75 Å². The quantitative estimate of drug-likeness (QED) is 0.752. The van der Waals surface area contributed by atoms with Gasteiger partial charge in [0.1, 0.15) is 5.75 Å². The molecule has 1 amide bonds. The van der Waals surface area contributed by atoms with Crippen molar-refractivity contribution >= 4 is 11.9 Å². The molecule has 1 aliphatic carbocycles. The number of benzene rings is 2. The van der Waals surface area contributed by atoms with Crippen LogP contribution in [0.2, 0.25) is 0 Å². The van der Waals surface area contributed by atoms with Gasteiger partial charge in [0.25, 0.3) is 0 Å². The number of carboxylic acids is 1. The van der Waals surface area contributed by atoms with E-state index >= 15 is 0 Å². The molecule has 0 fully saturated rings. The van der Waals surface area contributed by atoms with E-state index in [4.69, 9.17) is 9.84 Å². The number of nitrogens with one attached hydrogen (secondary N) is 1. The van der Waals surface area contributed by atoms with Crippen LogP contribution in [-0.4, -0.2) is 30.1 Å². The molecule has 2 N–H and O–H groups in total. The van der Waals surface area contributed by atoms with Crippen molar-refractivity contribution in [1.29, 1.82) is 0 Å². The molecular weight excluding hydrogens is 342 g/mol. The molecule has 0 spiro atoms. The predicted molar refractivity (Wildman–Crippen MR) is 103 cm³/mol. The molecule has 1 aliphatic rings. The number of carboxylic acid groups (broad SMARTS) is 1. The van der Waals surface area contributed by atoms with E-state index in [-0.39, 0.29) is 12.5 Å². The Morgan fingerprint density at radius 3 is 2.41 bits per heavy atom. The summed E-state index contributed by atoms with van der Waals surface area (Å²) >= 11 is 0. The lowest BCUT2D eigenvalue weighted by atomic mass is 9.90. The molecule has 0 bridgehead atoms. The second-order valence-corrected chi connectivity index (χ2v) is 6.91. The highest BCUT2D eigenvalue weighted by atomic mass is 16.5. The van der Waals surface area contributed by atoms with Crippen molar-refractivity contribution < 1.29 is 19.4 Å². The number of rotatable bonds is 8. The van der Waals surface area contributed by atoms with Crippen LogP contribution in [0.25, 0.3) is 0 Å². The number of aryl methyl sites for hydroxylation is 2. The molecule has 0 radical (unpaired) electrons. The van der Waals surface area contributed by atoms with E-state index in [1.54, 1.807) is 12.1 Å². The molecular formula is C22H25NO4. The summed E-state index contributed by atoms with van der Waals surface area (Å²) in [7, 11) is 0. The van der Waals surface area contributed by atoms with E-state index in [0.717, 1.165) is 30.4 Å². The topological polar surface area (TPSA) is 75.6 Å². The number of ether oxygens (including phenoxy) is 1. The summed E-state index contributed by atoms with van der Waals surface area (Å²) in [4.78, 5) is 22.7. The summed E-state index contributed by atoms with van der Waals surface area (Å²) in [6.07, 6.45) is 5.91. The molecule has 2 aromatic rings. The number of carbonyl (C=O) groups excluding carboxylic acids is 1. The highest BCUT2D eigenvalue weighted by Crippen LogP contribution is 2.22. The fraction of sp³-hybridized carbons (Fsp3) is 0.364. The molecule has 0 aromatic heterocycles. The first-order valence-electron chi connectivity index (χ1n) is 9.41. The summed E-state index contributed by atoms with van der Waals surface area (Å²) in [5.41, 5.74) is 4.97. The van der Waals surface area contributed by atoms with Gasteiger partial charge in [0, 0.05) is 6.54 Å². The summed E-state index contributed by atoms with van der Waals surface area (Å²) in [6.45, 7) is 0.219. The Hall–Kier alpha value is -2.82. The minimum Gasteiger partial charge on any atom is -0.482 e. The number of hydrogen-bond acceptors (Lipinski definition) is 3. The normalized spacial score (nSPS) is 12.9. The number of carbonyl (C=O) groups is 2. The molecule has 27 heavy (non-hydrogen) atoms. The van der Waals surface area contributed by atoms with E-state index in [1.807, 2.05) is 12.1 Å². The highest BCUT2D eigenvalue weighted by molar-refractivity contribution is 5.78. The van der Waals surface area contributed by atoms with Crippen molar-refractivity contribution in [2.24, 2.45) is 0 Å². The highest BCUT2D eigenvalue weighted by Gasteiger charge is 2.11. The van der Waals surface area contributed by atoms with Gasteiger partial charge in [-0.25, -0.2) is 4.79 Å². The predicted octanol–water partition coefficient (Wildman–Crippen LogP) is 2.93. The molecule has 5 heteroatoms. The minimum absolute atomic E-state index is 0.0344. The van der Waals surface area contributed by atoms with Crippen molar-refractivity contribution in [2.75, 3.05) is 13.2 Å². The van der Waals surface area contributed by atoms with Gasteiger partial charge in [-0.15, -0.1) is 0 Å². The van der Waals surface area contributed by atoms with Gasteiger partial charge in [-0.2, -0.15) is 0 Å². The smallest absolute Gasteiger partial charge is 0.341 e. The lowest BCUT2D eigenvalue weighted by Crippen LogP contribution is -2.27. The molecule has 0 saturated carbocycles. The van der Waals surface area contributed by atoms with E-state index in [0.29, 0.717) is 18.7 Å². The van der Waals surface area contributed by atoms with Crippen molar-refractivity contribution in [3.63, 3.8) is 0 Å². The van der Waals surface area contributed by atoms with Crippen LogP contribution in [0, 0.1) is 0 Å². The Bertz CT molecular complexity index is 798. The van der Waals surface area contributed by atoms with Gasteiger partial charge < -0.3 is 15.2 Å². The Kier molecular flexibility index (Phi) is 6.47. The van der Waals surface area contributed by atoms with E-state index < -0.39 is 5.97 Å². The zero-order valence-electron chi connectivity index (χ0n) is 15.4. The first-order valence-corrected chi connectivity index (χ1v) is 9.41. The lowest BCUT2D eigenvalue weighted by Gasteiger charge is -2.16. The standard InChI is InChI=1S/C22H25NO4/c24-21(14-17-5-8-18-3-1-2-4-19(18)13-17)23-12-11-16-6-9-20(10-7-16)27-15-22(25)26/h5-10,13H,1-4,11-12,14-15H2,(H,23,24)(H,25,26). The lowest BCUT2D eigenvalue weighted by molar-refractivity contribution is -0.139. The Morgan fingerprint density at radius 1 is 0.963 bits per heavy atom. The van der Waals surface area contributed by atoms with Crippen molar-refractivity contribution in [2.45, 2.75) is 38.5 Å². The second kappa shape index (κ2) is 9.21. The van der Waals surface area contributed by atoms with Crippen molar-refractivity contribution in [1.82, 2.24) is 5.32 Å². The van der Waals surface area contributed by atoms with Crippen molar-refractivity contribution in [3.8, 4) is 5.75 Å². The molecule has 0 atom stereocenters. The second-order valence-electron chi connectivity index (χ2n) is 6.91. The first kappa shape index (κ1) is 19.0. The number of hydrogen-bond donors (Lipinski definition) is 2. The average molecular weight is 367 g/mol. The van der Waals surface area contributed by atoms with Gasteiger partial charge in [0.15, 0.2) is 6.61 Å². The zero-order valence-corrected chi connectivity index (χ0v) is 15.4. The molecule has 0 heterocycles. The summed E-state index contributed by atoms with van der Waals surface area (Å²) in [6, 6.07) is 13.7. The zero-order chi connectivity index (χ0) is 19.1. The third-order valence-electron chi connectivity index (χ3n) is 4.80. The van der Waals surface area contributed by atoms with E-state index in [2.05, 4.69) is 23.5 Å². The Balaban J connectivity index is 1.42. The molecule has 0 saturated heterocycles. The van der Waals surface area contributed by atoms with Crippen LogP contribution in [0.3, 0.4) is 0 Å². The molecule has 3 rings (SSSR count). The van der Waals surface area contributed by atoms with E-state index in [1.165, 1.54) is 24.0 Å². The fourth-order valence-corrected chi connectivity index (χ4v) is 3.39. The van der Waals surface area contributed by atoms with Crippen LogP contribution >= 0.6 is 0 Å². The Labute approximate surface area is 159 Å². The van der Waals surface area contributed by atoms with Crippen LogP contribution in [0.4, 0.5) is 0 Å². The van der Waals surface area contributed by atoms with Gasteiger partial charge in [0.05, 0.1) is 6.42 Å². The van der Waals surface area contributed by atoms with Crippen LogP contribution in [-0.2, 0) is 35.3 Å². The largest absolute Gasteiger partial charge is 0.482 e. The summed E-state index contributed by atoms with van der Waals surface area (Å²) < 4.78 is 5.10. The average Bonchev–Trinajstić information content (AvgIpc) is 2.67. The molecule has 5 nitrogen and oxygen atoms in total. The SMILES string of the molecule is O=C(O)COc1ccc(CCNC(=O)Cc2ccc3c(c2)CCCC3)cc1. The first-order chi connectivity index (χ1) is 13.1. The monoisotopic (exact) mass is 367 g/mol. The van der Waals surface area contributed by atoms with Gasteiger partial charge >= 0.3 is 5.97 Å².